The molecule has 2 heterocycles. The second-order valence-electron chi connectivity index (χ2n) is 5.72. The number of aryl methyl sites for hydroxylation is 2. The van der Waals surface area contributed by atoms with Crippen LogP contribution in [0, 0.1) is 24.0 Å². The molecule has 0 bridgehead atoms. The topological polar surface area (TPSA) is 90.1 Å². The van der Waals surface area contributed by atoms with Crippen molar-refractivity contribution in [3.05, 3.63) is 73.6 Å². The predicted octanol–water partition coefficient (Wildman–Crippen LogP) is 3.77. The van der Waals surface area contributed by atoms with Gasteiger partial charge in [0.2, 0.25) is 0 Å². The first-order valence-corrected chi connectivity index (χ1v) is 8.44. The number of nitrogens with zero attached hydrogens (tertiary/aromatic N) is 3. The normalized spacial score (nSPS) is 10.6. The molecule has 0 saturated heterocycles. The van der Waals surface area contributed by atoms with Crippen LogP contribution < -0.4 is 5.32 Å². The van der Waals surface area contributed by atoms with Crippen molar-refractivity contribution in [1.29, 1.82) is 0 Å². The monoisotopic (exact) mass is 356 g/mol. The molecule has 0 aliphatic heterocycles. The van der Waals surface area contributed by atoms with Crippen molar-refractivity contribution in [3.63, 3.8) is 0 Å². The van der Waals surface area contributed by atoms with Crippen molar-refractivity contribution < 1.29 is 9.72 Å². The van der Waals surface area contributed by atoms with Crippen LogP contribution in [0.3, 0.4) is 0 Å². The fraction of sp³-hybridized carbons (Fsp3) is 0.176. The highest BCUT2D eigenvalue weighted by Crippen LogP contribution is 2.21. The van der Waals surface area contributed by atoms with E-state index in [1.54, 1.807) is 12.3 Å². The van der Waals surface area contributed by atoms with Gasteiger partial charge in [-0.15, -0.1) is 11.3 Å². The third-order valence-electron chi connectivity index (χ3n) is 3.67. The molecule has 0 aliphatic rings. The lowest BCUT2D eigenvalue weighted by molar-refractivity contribution is -0.389. The summed E-state index contributed by atoms with van der Waals surface area (Å²) >= 11 is 1.33. The van der Waals surface area contributed by atoms with Gasteiger partial charge >= 0.3 is 5.82 Å². The molecule has 7 nitrogen and oxygen atoms in total. The zero-order valence-corrected chi connectivity index (χ0v) is 14.5. The minimum Gasteiger partial charge on any atom is -0.358 e. The first-order chi connectivity index (χ1) is 11.9. The number of benzene rings is 1. The lowest BCUT2D eigenvalue weighted by atomic mass is 10.1. The fourth-order valence-corrected chi connectivity index (χ4v) is 3.24. The summed E-state index contributed by atoms with van der Waals surface area (Å²) < 4.78 is 1.48. The molecule has 1 aromatic carbocycles. The fourth-order valence-electron chi connectivity index (χ4n) is 2.44. The number of thiophene rings is 1. The number of hydrogen-bond acceptors (Lipinski definition) is 5. The maximum absolute atomic E-state index is 12.4. The number of nitrogens with one attached hydrogen (secondary N) is 1. The number of nitro groups is 1. The Balaban J connectivity index is 1.69. The molecule has 0 saturated carbocycles. The largest absolute Gasteiger partial charge is 0.389 e. The molecule has 3 rings (SSSR count). The molecule has 0 atom stereocenters. The third-order valence-corrected chi connectivity index (χ3v) is 4.64. The molecular formula is C17H16N4O3S. The van der Waals surface area contributed by atoms with E-state index in [1.165, 1.54) is 22.1 Å². The van der Waals surface area contributed by atoms with Crippen molar-refractivity contribution in [1.82, 2.24) is 9.78 Å². The van der Waals surface area contributed by atoms with Crippen LogP contribution in [0.25, 0.3) is 0 Å². The molecule has 0 fully saturated rings. The summed E-state index contributed by atoms with van der Waals surface area (Å²) in [4.78, 5) is 23.1. The van der Waals surface area contributed by atoms with Crippen LogP contribution in [0.4, 0.5) is 11.5 Å². The van der Waals surface area contributed by atoms with Crippen LogP contribution in [0.5, 0.6) is 0 Å². The predicted molar refractivity (Wildman–Crippen MR) is 96.2 cm³/mol. The maximum atomic E-state index is 12.4. The summed E-state index contributed by atoms with van der Waals surface area (Å²) in [5.74, 6) is -0.363. The van der Waals surface area contributed by atoms with Gasteiger partial charge in [-0.25, -0.2) is 0 Å². The third kappa shape index (κ3) is 3.92. The average Bonchev–Trinajstić information content (AvgIpc) is 3.20. The molecule has 128 valence electrons. The van der Waals surface area contributed by atoms with E-state index in [-0.39, 0.29) is 11.7 Å². The van der Waals surface area contributed by atoms with E-state index in [4.69, 9.17) is 0 Å². The van der Waals surface area contributed by atoms with E-state index in [0.717, 1.165) is 22.4 Å². The number of amides is 1. The Labute approximate surface area is 148 Å². The van der Waals surface area contributed by atoms with Gasteiger partial charge in [0.1, 0.15) is 0 Å². The molecule has 3 aromatic rings. The van der Waals surface area contributed by atoms with Gasteiger partial charge in [-0.1, -0.05) is 17.7 Å². The quantitative estimate of drug-likeness (QED) is 0.556. The number of rotatable bonds is 5. The lowest BCUT2D eigenvalue weighted by Crippen LogP contribution is -2.11. The number of hydrogen-bond donors (Lipinski definition) is 1. The van der Waals surface area contributed by atoms with E-state index < -0.39 is 4.92 Å². The number of aromatic nitrogens is 2. The second-order valence-corrected chi connectivity index (χ2v) is 6.63. The zero-order valence-electron chi connectivity index (χ0n) is 13.7. The molecule has 0 spiro atoms. The molecule has 0 unspecified atom stereocenters. The van der Waals surface area contributed by atoms with E-state index >= 15 is 0 Å². The summed E-state index contributed by atoms with van der Waals surface area (Å²) in [5, 5.41) is 19.3. The Hall–Kier alpha value is -3.00. The van der Waals surface area contributed by atoms with Gasteiger partial charge in [-0.3, -0.25) is 4.79 Å². The molecule has 1 N–H and O–H groups in total. The zero-order chi connectivity index (χ0) is 18.0. The molecule has 0 radical (unpaired) electrons. The smallest absolute Gasteiger partial charge is 0.358 e. The van der Waals surface area contributed by atoms with Crippen molar-refractivity contribution >= 4 is 28.7 Å². The van der Waals surface area contributed by atoms with Gasteiger partial charge < -0.3 is 15.4 Å². The van der Waals surface area contributed by atoms with Crippen molar-refractivity contribution in [3.8, 4) is 0 Å². The van der Waals surface area contributed by atoms with Crippen LogP contribution in [-0.4, -0.2) is 20.6 Å². The average molecular weight is 356 g/mol. The highest BCUT2D eigenvalue weighted by Gasteiger charge is 2.14. The Bertz CT molecular complexity index is 945. The minimum absolute atomic E-state index is 0.172. The minimum atomic E-state index is -0.535. The first-order valence-electron chi connectivity index (χ1n) is 7.56. The first kappa shape index (κ1) is 16.8. The Morgan fingerprint density at radius 2 is 2.12 bits per heavy atom. The molecule has 2 aromatic heterocycles. The van der Waals surface area contributed by atoms with Crippen LogP contribution in [0.2, 0.25) is 0 Å². The molecule has 25 heavy (non-hydrogen) atoms. The van der Waals surface area contributed by atoms with E-state index in [2.05, 4.69) is 10.4 Å². The SMILES string of the molecule is Cc1ccc(NC(=O)c2cc(Cn3ccc([N+](=O)[O-])n3)cs2)c(C)c1. The summed E-state index contributed by atoms with van der Waals surface area (Å²) in [6.45, 7) is 4.33. The molecular weight excluding hydrogens is 340 g/mol. The van der Waals surface area contributed by atoms with Gasteiger partial charge in [0.25, 0.3) is 5.91 Å². The Kier molecular flexibility index (Phi) is 4.62. The van der Waals surface area contributed by atoms with Gasteiger partial charge in [0, 0.05) is 5.69 Å². The van der Waals surface area contributed by atoms with Gasteiger partial charge in [0.15, 0.2) is 0 Å². The van der Waals surface area contributed by atoms with Gasteiger partial charge in [-0.05, 0) is 47.4 Å². The standard InChI is InChI=1S/C17H16N4O3S/c1-11-3-4-14(12(2)7-11)18-17(22)15-8-13(10-25-15)9-20-6-5-16(19-20)21(23)24/h3-8,10H,9H2,1-2H3,(H,18,22). The maximum Gasteiger partial charge on any atom is 0.389 e. The van der Waals surface area contributed by atoms with E-state index in [0.29, 0.717) is 11.4 Å². The van der Waals surface area contributed by atoms with Crippen molar-refractivity contribution in [2.45, 2.75) is 20.4 Å². The van der Waals surface area contributed by atoms with E-state index in [1.807, 2.05) is 37.4 Å². The highest BCUT2D eigenvalue weighted by atomic mass is 32.1. The van der Waals surface area contributed by atoms with Crippen LogP contribution in [0.1, 0.15) is 26.4 Å². The van der Waals surface area contributed by atoms with Gasteiger partial charge in [-0.2, -0.15) is 4.68 Å². The second kappa shape index (κ2) is 6.86. The van der Waals surface area contributed by atoms with E-state index in [9.17, 15) is 14.9 Å². The van der Waals surface area contributed by atoms with Gasteiger partial charge in [0.05, 0.1) is 28.8 Å². The van der Waals surface area contributed by atoms with Crippen molar-refractivity contribution in [2.75, 3.05) is 5.32 Å². The summed E-state index contributed by atoms with van der Waals surface area (Å²) in [6, 6.07) is 8.98. The summed E-state index contributed by atoms with van der Waals surface area (Å²) in [5.41, 5.74) is 3.80. The summed E-state index contributed by atoms with van der Waals surface area (Å²) in [7, 11) is 0. The van der Waals surface area contributed by atoms with Crippen LogP contribution >= 0.6 is 11.3 Å². The lowest BCUT2D eigenvalue weighted by Gasteiger charge is -2.07. The summed E-state index contributed by atoms with van der Waals surface area (Å²) in [6.07, 6.45) is 1.55. The number of carbonyl (C=O) groups excluding carboxylic acids is 1. The molecule has 8 heteroatoms. The number of anilines is 1. The Morgan fingerprint density at radius 3 is 2.80 bits per heavy atom. The van der Waals surface area contributed by atoms with Crippen LogP contribution in [0.15, 0.2) is 41.9 Å². The number of carbonyl (C=O) groups is 1. The van der Waals surface area contributed by atoms with Crippen molar-refractivity contribution in [2.24, 2.45) is 0 Å². The van der Waals surface area contributed by atoms with Crippen LogP contribution in [-0.2, 0) is 6.54 Å². The Morgan fingerprint density at radius 1 is 1.32 bits per heavy atom. The highest BCUT2D eigenvalue weighted by molar-refractivity contribution is 7.12. The molecule has 0 aliphatic carbocycles. The molecule has 1 amide bonds.